The Morgan fingerprint density at radius 3 is 2.60 bits per heavy atom. The Bertz CT molecular complexity index is 456. The molecular weight excluding hydrogens is 252 g/mol. The fourth-order valence-corrected chi connectivity index (χ4v) is 3.22. The van der Waals surface area contributed by atoms with Crippen molar-refractivity contribution in [3.63, 3.8) is 0 Å². The number of benzene rings is 1. The molecule has 0 unspecified atom stereocenters. The van der Waals surface area contributed by atoms with Gasteiger partial charge in [0.2, 0.25) is 6.79 Å². The molecule has 0 bridgehead atoms. The van der Waals surface area contributed by atoms with Crippen LogP contribution in [0.4, 0.5) is 0 Å². The van der Waals surface area contributed by atoms with Crippen molar-refractivity contribution in [2.45, 2.75) is 32.9 Å². The molecule has 20 heavy (non-hydrogen) atoms. The Morgan fingerprint density at radius 2 is 1.85 bits per heavy atom. The minimum atomic E-state index is 0.364. The van der Waals surface area contributed by atoms with Gasteiger partial charge in [0.25, 0.3) is 0 Å². The first kappa shape index (κ1) is 13.7. The molecule has 4 nitrogen and oxygen atoms in total. The van der Waals surface area contributed by atoms with Crippen LogP contribution in [0.3, 0.4) is 0 Å². The summed E-state index contributed by atoms with van der Waals surface area (Å²) in [6.07, 6.45) is 1.28. The van der Waals surface area contributed by atoms with Crippen molar-refractivity contribution < 1.29 is 19.3 Å². The van der Waals surface area contributed by atoms with Gasteiger partial charge in [-0.15, -0.1) is 0 Å². The molecule has 1 atom stereocenters. The second-order valence-electron chi connectivity index (χ2n) is 6.08. The van der Waals surface area contributed by atoms with Crippen LogP contribution >= 0.6 is 0 Å². The van der Waals surface area contributed by atoms with E-state index in [2.05, 4.69) is 26.0 Å². The molecule has 2 N–H and O–H groups in total. The summed E-state index contributed by atoms with van der Waals surface area (Å²) in [4.78, 5) is 3.47. The number of nitrogens with one attached hydrogen (secondary N) is 2. The van der Waals surface area contributed by atoms with Crippen molar-refractivity contribution in [2.24, 2.45) is 0 Å². The molecule has 0 aliphatic carbocycles. The molecule has 1 saturated heterocycles. The molecule has 0 aromatic heterocycles. The average Bonchev–Trinajstić information content (AvgIpc) is 2.95. The average molecular weight is 278 g/mol. The summed E-state index contributed by atoms with van der Waals surface area (Å²) in [6, 6.07) is 7.16. The van der Waals surface area contributed by atoms with Gasteiger partial charge in [0.05, 0.1) is 6.04 Å². The first-order valence-corrected chi connectivity index (χ1v) is 7.83. The van der Waals surface area contributed by atoms with E-state index < -0.39 is 0 Å². The molecule has 1 aromatic rings. The first-order chi connectivity index (χ1) is 9.76. The number of fused-ring (bicyclic) bond motifs is 1. The highest BCUT2D eigenvalue weighted by Crippen LogP contribution is 2.32. The predicted octanol–water partition coefficient (Wildman–Crippen LogP) is -0.503. The summed E-state index contributed by atoms with van der Waals surface area (Å²) in [5.41, 5.74) is 1.36. The molecule has 1 fully saturated rings. The summed E-state index contributed by atoms with van der Waals surface area (Å²) < 4.78 is 10.8. The van der Waals surface area contributed by atoms with Crippen LogP contribution in [-0.4, -0.2) is 39.0 Å². The van der Waals surface area contributed by atoms with E-state index in [1.807, 2.05) is 6.07 Å². The van der Waals surface area contributed by atoms with Gasteiger partial charge in [0.15, 0.2) is 11.5 Å². The molecule has 1 aromatic carbocycles. The lowest BCUT2D eigenvalue weighted by atomic mass is 10.1. The quantitative estimate of drug-likeness (QED) is 0.777. The van der Waals surface area contributed by atoms with Crippen molar-refractivity contribution in [3.05, 3.63) is 23.8 Å². The highest BCUT2D eigenvalue weighted by Gasteiger charge is 2.26. The highest BCUT2D eigenvalue weighted by atomic mass is 16.7. The standard InChI is InChI=1S/C16H24N2O2/c1-3-13(2)18-8-6-17(7-9-18)11-14-4-5-15-16(10-14)20-12-19-15/h4-5,10,13H,3,6-9,11-12H2,1-2H3/p+2/t13-/m0/s1. The number of rotatable bonds is 4. The summed E-state index contributed by atoms with van der Waals surface area (Å²) in [7, 11) is 0. The minimum Gasteiger partial charge on any atom is -0.454 e. The maximum atomic E-state index is 5.46. The summed E-state index contributed by atoms with van der Waals surface area (Å²) >= 11 is 0. The van der Waals surface area contributed by atoms with Crippen molar-refractivity contribution in [3.8, 4) is 11.5 Å². The Kier molecular flexibility index (Phi) is 4.13. The van der Waals surface area contributed by atoms with E-state index in [-0.39, 0.29) is 0 Å². The van der Waals surface area contributed by atoms with Gasteiger partial charge in [0.1, 0.15) is 32.7 Å². The first-order valence-electron chi connectivity index (χ1n) is 7.83. The lowest BCUT2D eigenvalue weighted by Crippen LogP contribution is -3.29. The maximum Gasteiger partial charge on any atom is 0.231 e. The minimum absolute atomic E-state index is 0.364. The molecule has 0 radical (unpaired) electrons. The van der Waals surface area contributed by atoms with E-state index >= 15 is 0 Å². The van der Waals surface area contributed by atoms with Crippen molar-refractivity contribution in [1.29, 1.82) is 0 Å². The fourth-order valence-electron chi connectivity index (χ4n) is 3.22. The number of hydrogen-bond donors (Lipinski definition) is 2. The number of piperazine rings is 1. The van der Waals surface area contributed by atoms with Crippen LogP contribution in [0.25, 0.3) is 0 Å². The fraction of sp³-hybridized carbons (Fsp3) is 0.625. The molecule has 4 heteroatoms. The van der Waals surface area contributed by atoms with Gasteiger partial charge in [-0.3, -0.25) is 0 Å². The molecule has 2 heterocycles. The highest BCUT2D eigenvalue weighted by molar-refractivity contribution is 5.44. The summed E-state index contributed by atoms with van der Waals surface area (Å²) in [6.45, 7) is 11.3. The van der Waals surface area contributed by atoms with Gasteiger partial charge >= 0.3 is 0 Å². The van der Waals surface area contributed by atoms with E-state index in [9.17, 15) is 0 Å². The van der Waals surface area contributed by atoms with Gasteiger partial charge in [-0.05, 0) is 31.5 Å². The van der Waals surface area contributed by atoms with E-state index in [0.717, 1.165) is 24.1 Å². The van der Waals surface area contributed by atoms with Crippen LogP contribution in [0.5, 0.6) is 11.5 Å². The third-order valence-corrected chi connectivity index (χ3v) is 4.80. The van der Waals surface area contributed by atoms with Gasteiger partial charge in [0, 0.05) is 5.56 Å². The van der Waals surface area contributed by atoms with Crippen molar-refractivity contribution >= 4 is 0 Å². The van der Waals surface area contributed by atoms with Crippen LogP contribution in [-0.2, 0) is 6.54 Å². The number of ether oxygens (including phenoxy) is 2. The smallest absolute Gasteiger partial charge is 0.231 e. The van der Waals surface area contributed by atoms with E-state index in [4.69, 9.17) is 9.47 Å². The topological polar surface area (TPSA) is 27.3 Å². The molecule has 0 saturated carbocycles. The molecule has 0 spiro atoms. The van der Waals surface area contributed by atoms with Gasteiger partial charge < -0.3 is 19.3 Å². The van der Waals surface area contributed by atoms with Crippen LogP contribution in [0.15, 0.2) is 18.2 Å². The van der Waals surface area contributed by atoms with Crippen molar-refractivity contribution in [1.82, 2.24) is 0 Å². The lowest BCUT2D eigenvalue weighted by molar-refractivity contribution is -1.03. The molecule has 2 aliphatic rings. The zero-order valence-electron chi connectivity index (χ0n) is 12.6. The van der Waals surface area contributed by atoms with Crippen LogP contribution in [0.1, 0.15) is 25.8 Å². The lowest BCUT2D eigenvalue weighted by Gasteiger charge is -2.33. The van der Waals surface area contributed by atoms with Gasteiger partial charge in [-0.1, -0.05) is 6.92 Å². The Hall–Kier alpha value is -1.26. The molecule has 110 valence electrons. The van der Waals surface area contributed by atoms with E-state index in [1.54, 1.807) is 9.80 Å². The van der Waals surface area contributed by atoms with Gasteiger partial charge in [-0.25, -0.2) is 0 Å². The normalized spacial score (nSPS) is 26.5. The maximum absolute atomic E-state index is 5.46. The monoisotopic (exact) mass is 278 g/mol. The second kappa shape index (κ2) is 6.02. The van der Waals surface area contributed by atoms with E-state index in [1.165, 1.54) is 38.2 Å². The molecule has 2 aliphatic heterocycles. The largest absolute Gasteiger partial charge is 0.454 e. The number of quaternary nitrogens is 2. The summed E-state index contributed by atoms with van der Waals surface area (Å²) in [5, 5.41) is 0. The predicted molar refractivity (Wildman–Crippen MR) is 77.4 cm³/mol. The zero-order chi connectivity index (χ0) is 13.9. The summed E-state index contributed by atoms with van der Waals surface area (Å²) in [5.74, 6) is 1.79. The van der Waals surface area contributed by atoms with Crippen LogP contribution < -0.4 is 19.3 Å². The van der Waals surface area contributed by atoms with Crippen molar-refractivity contribution in [2.75, 3.05) is 33.0 Å². The zero-order valence-corrected chi connectivity index (χ0v) is 12.6. The molecule has 3 rings (SSSR count). The van der Waals surface area contributed by atoms with E-state index in [0.29, 0.717) is 6.79 Å². The van der Waals surface area contributed by atoms with Crippen LogP contribution in [0.2, 0.25) is 0 Å². The van der Waals surface area contributed by atoms with Crippen LogP contribution in [0, 0.1) is 0 Å². The second-order valence-corrected chi connectivity index (χ2v) is 6.08. The number of hydrogen-bond acceptors (Lipinski definition) is 2. The third kappa shape index (κ3) is 2.91. The Balaban J connectivity index is 1.55. The SMILES string of the molecule is CC[C@H](C)[NH+]1CC[NH+](Cc2ccc3c(c2)OCO3)CC1. The van der Waals surface area contributed by atoms with Gasteiger partial charge in [-0.2, -0.15) is 0 Å². The Labute approximate surface area is 121 Å². The third-order valence-electron chi connectivity index (χ3n) is 4.80. The molecule has 0 amide bonds. The Morgan fingerprint density at radius 1 is 1.10 bits per heavy atom. The molecular formula is C16H26N2O2+2.